The largest absolute Gasteiger partial charge is 0.454 e. The lowest BCUT2D eigenvalue weighted by Crippen LogP contribution is -2.46. The number of carbonyl (C=O) groups is 1. The Morgan fingerprint density at radius 3 is 2.63 bits per heavy atom. The third-order valence-corrected chi connectivity index (χ3v) is 5.07. The van der Waals surface area contributed by atoms with E-state index in [0.29, 0.717) is 13.2 Å². The minimum absolute atomic E-state index is 0.163. The second-order valence-electron chi connectivity index (χ2n) is 7.56. The van der Waals surface area contributed by atoms with E-state index in [4.69, 9.17) is 9.47 Å². The summed E-state index contributed by atoms with van der Waals surface area (Å²) in [5, 5.41) is 3.01. The highest BCUT2D eigenvalue weighted by Gasteiger charge is 2.19. The highest BCUT2D eigenvalue weighted by Crippen LogP contribution is 2.32. The number of hydrogen-bond acceptors (Lipinski definition) is 6. The lowest BCUT2D eigenvalue weighted by atomic mass is 10.1. The Kier molecular flexibility index (Phi) is 7.32. The molecule has 7 nitrogen and oxygen atoms in total. The Balaban J connectivity index is 1.30. The number of piperazine rings is 1. The molecule has 1 amide bonds. The van der Waals surface area contributed by atoms with Crippen molar-refractivity contribution < 1.29 is 14.3 Å². The van der Waals surface area contributed by atoms with Gasteiger partial charge in [-0.3, -0.25) is 9.69 Å². The number of nitrogens with one attached hydrogen (secondary N) is 1. The van der Waals surface area contributed by atoms with Crippen LogP contribution in [0.15, 0.2) is 18.2 Å². The first-order valence-corrected chi connectivity index (χ1v) is 9.85. The summed E-state index contributed by atoms with van der Waals surface area (Å²) in [7, 11) is 4.10. The smallest absolute Gasteiger partial charge is 0.231 e. The van der Waals surface area contributed by atoms with E-state index in [2.05, 4.69) is 32.1 Å². The summed E-state index contributed by atoms with van der Waals surface area (Å²) in [5.74, 6) is 1.85. The van der Waals surface area contributed by atoms with Crippen molar-refractivity contribution in [3.8, 4) is 11.5 Å². The molecule has 1 N–H and O–H groups in total. The first-order valence-electron chi connectivity index (χ1n) is 9.85. The average molecular weight is 377 g/mol. The fraction of sp³-hybridized carbons (Fsp3) is 0.650. The highest BCUT2D eigenvalue weighted by molar-refractivity contribution is 5.76. The van der Waals surface area contributed by atoms with Crippen LogP contribution in [0.4, 0.5) is 0 Å². The van der Waals surface area contributed by atoms with E-state index in [1.807, 2.05) is 20.2 Å². The summed E-state index contributed by atoms with van der Waals surface area (Å²) < 4.78 is 10.8. The van der Waals surface area contributed by atoms with Gasteiger partial charge in [0.1, 0.15) is 0 Å². The van der Waals surface area contributed by atoms with Gasteiger partial charge in [0.15, 0.2) is 11.5 Å². The zero-order valence-corrected chi connectivity index (χ0v) is 16.6. The van der Waals surface area contributed by atoms with E-state index in [0.717, 1.165) is 70.3 Å². The summed E-state index contributed by atoms with van der Waals surface area (Å²) in [6.07, 6.45) is 1.58. The summed E-state index contributed by atoms with van der Waals surface area (Å²) in [5.41, 5.74) is 1.25. The summed E-state index contributed by atoms with van der Waals surface area (Å²) in [6.45, 7) is 7.94. The van der Waals surface area contributed by atoms with E-state index in [-0.39, 0.29) is 5.91 Å². The van der Waals surface area contributed by atoms with Gasteiger partial charge in [0.05, 0.1) is 0 Å². The standard InChI is InChI=1S/C20H32N4O3/c1-22(2)8-3-7-21-20(25)6-9-23-10-12-24(13-11-23)15-17-4-5-18-19(14-17)27-16-26-18/h4-5,14H,3,6-13,15-16H2,1-2H3,(H,21,25). The summed E-state index contributed by atoms with van der Waals surface area (Å²) >= 11 is 0. The van der Waals surface area contributed by atoms with Crippen LogP contribution >= 0.6 is 0 Å². The fourth-order valence-corrected chi connectivity index (χ4v) is 3.44. The summed E-state index contributed by atoms with van der Waals surface area (Å²) in [4.78, 5) is 18.9. The fourth-order valence-electron chi connectivity index (χ4n) is 3.44. The van der Waals surface area contributed by atoms with E-state index in [1.165, 1.54) is 5.56 Å². The molecule has 0 aliphatic carbocycles. The molecular formula is C20H32N4O3. The van der Waals surface area contributed by atoms with Crippen molar-refractivity contribution in [2.75, 3.05) is 66.7 Å². The van der Waals surface area contributed by atoms with Gasteiger partial charge >= 0.3 is 0 Å². The third kappa shape index (κ3) is 6.37. The zero-order valence-electron chi connectivity index (χ0n) is 16.6. The molecule has 0 unspecified atom stereocenters. The normalized spacial score (nSPS) is 17.4. The molecule has 0 bridgehead atoms. The number of carbonyl (C=O) groups excluding carboxylic acids is 1. The van der Waals surface area contributed by atoms with E-state index in [1.54, 1.807) is 0 Å². The van der Waals surface area contributed by atoms with Crippen molar-refractivity contribution in [3.05, 3.63) is 23.8 Å². The molecule has 2 aliphatic rings. The highest BCUT2D eigenvalue weighted by atomic mass is 16.7. The van der Waals surface area contributed by atoms with Crippen molar-refractivity contribution in [3.63, 3.8) is 0 Å². The summed E-state index contributed by atoms with van der Waals surface area (Å²) in [6, 6.07) is 6.18. The van der Waals surface area contributed by atoms with Gasteiger partial charge in [-0.2, -0.15) is 0 Å². The van der Waals surface area contributed by atoms with Crippen molar-refractivity contribution in [1.29, 1.82) is 0 Å². The number of ether oxygens (including phenoxy) is 2. The van der Waals surface area contributed by atoms with Gasteiger partial charge in [-0.05, 0) is 44.8 Å². The van der Waals surface area contributed by atoms with Gasteiger partial charge < -0.3 is 24.6 Å². The predicted molar refractivity (Wildman–Crippen MR) is 105 cm³/mol. The molecule has 0 radical (unpaired) electrons. The lowest BCUT2D eigenvalue weighted by Gasteiger charge is -2.34. The molecule has 0 atom stereocenters. The maximum Gasteiger partial charge on any atom is 0.231 e. The zero-order chi connectivity index (χ0) is 19.1. The molecule has 3 rings (SSSR count). The lowest BCUT2D eigenvalue weighted by molar-refractivity contribution is -0.121. The molecule has 150 valence electrons. The Morgan fingerprint density at radius 1 is 1.11 bits per heavy atom. The van der Waals surface area contributed by atoms with Crippen LogP contribution < -0.4 is 14.8 Å². The van der Waals surface area contributed by atoms with E-state index < -0.39 is 0 Å². The monoisotopic (exact) mass is 376 g/mol. The van der Waals surface area contributed by atoms with Crippen LogP contribution in [0.5, 0.6) is 11.5 Å². The van der Waals surface area contributed by atoms with E-state index in [9.17, 15) is 4.79 Å². The number of fused-ring (bicyclic) bond motifs is 1. The maximum absolute atomic E-state index is 11.9. The predicted octanol–water partition coefficient (Wildman–Crippen LogP) is 0.991. The third-order valence-electron chi connectivity index (χ3n) is 5.07. The Morgan fingerprint density at radius 2 is 1.85 bits per heavy atom. The van der Waals surface area contributed by atoms with Crippen LogP contribution in [-0.2, 0) is 11.3 Å². The molecule has 7 heteroatoms. The number of rotatable bonds is 9. The minimum Gasteiger partial charge on any atom is -0.454 e. The van der Waals surface area contributed by atoms with Crippen molar-refractivity contribution >= 4 is 5.91 Å². The van der Waals surface area contributed by atoms with Gasteiger partial charge in [-0.25, -0.2) is 0 Å². The number of benzene rings is 1. The quantitative estimate of drug-likeness (QED) is 0.649. The van der Waals surface area contributed by atoms with Gasteiger partial charge in [0, 0.05) is 52.2 Å². The number of amides is 1. The van der Waals surface area contributed by atoms with Crippen molar-refractivity contribution in [1.82, 2.24) is 20.0 Å². The van der Waals surface area contributed by atoms with Crippen LogP contribution in [0.25, 0.3) is 0 Å². The SMILES string of the molecule is CN(C)CCCNC(=O)CCN1CCN(Cc2ccc3c(c2)OCO3)CC1. The van der Waals surface area contributed by atoms with Crippen molar-refractivity contribution in [2.24, 2.45) is 0 Å². The first kappa shape index (κ1) is 19.9. The molecule has 1 aromatic rings. The number of hydrogen-bond donors (Lipinski definition) is 1. The van der Waals surface area contributed by atoms with Crippen LogP contribution in [0.1, 0.15) is 18.4 Å². The molecule has 0 aromatic heterocycles. The average Bonchev–Trinajstić information content (AvgIpc) is 3.12. The second-order valence-corrected chi connectivity index (χ2v) is 7.56. The minimum atomic E-state index is 0.163. The molecule has 0 saturated carbocycles. The van der Waals surface area contributed by atoms with Crippen LogP contribution in [-0.4, -0.2) is 87.3 Å². The van der Waals surface area contributed by atoms with Crippen LogP contribution in [0.2, 0.25) is 0 Å². The number of nitrogens with zero attached hydrogens (tertiary/aromatic N) is 3. The van der Waals surface area contributed by atoms with Crippen LogP contribution in [0, 0.1) is 0 Å². The van der Waals surface area contributed by atoms with Gasteiger partial charge in [-0.1, -0.05) is 6.07 Å². The molecule has 1 saturated heterocycles. The molecule has 2 aliphatic heterocycles. The molecule has 1 aromatic carbocycles. The van der Waals surface area contributed by atoms with Crippen molar-refractivity contribution in [2.45, 2.75) is 19.4 Å². The second kappa shape index (κ2) is 9.92. The van der Waals surface area contributed by atoms with Gasteiger partial charge in [-0.15, -0.1) is 0 Å². The Labute approximate surface area is 162 Å². The first-order chi connectivity index (χ1) is 13.1. The Bertz CT molecular complexity index is 615. The van der Waals surface area contributed by atoms with Crippen LogP contribution in [0.3, 0.4) is 0 Å². The van der Waals surface area contributed by atoms with E-state index >= 15 is 0 Å². The molecule has 0 spiro atoms. The van der Waals surface area contributed by atoms with Gasteiger partial charge in [0.2, 0.25) is 12.7 Å². The van der Waals surface area contributed by atoms with Gasteiger partial charge in [0.25, 0.3) is 0 Å². The Hall–Kier alpha value is -1.83. The molecular weight excluding hydrogens is 344 g/mol. The topological polar surface area (TPSA) is 57.3 Å². The maximum atomic E-state index is 11.9. The molecule has 27 heavy (non-hydrogen) atoms. The molecule has 1 fully saturated rings. The molecule has 2 heterocycles.